The Morgan fingerprint density at radius 3 is 2.61 bits per heavy atom. The first-order chi connectivity index (χ1) is 11.0. The summed E-state index contributed by atoms with van der Waals surface area (Å²) in [5, 5.41) is 3.75. The molecule has 0 saturated carbocycles. The molecule has 1 aliphatic heterocycles. The standard InChI is InChI=1S/C17H14Cl2N2O2/c1-10-4-2-5-11(8-10)21-15(22)9-14(17(21)23)20-13-7-3-6-12(18)16(13)19/h2-8,14,20H,9H2,1H3/t14-/m1/s1. The zero-order valence-electron chi connectivity index (χ0n) is 12.3. The molecule has 23 heavy (non-hydrogen) atoms. The van der Waals surface area contributed by atoms with Gasteiger partial charge in [-0.25, -0.2) is 4.90 Å². The molecule has 3 rings (SSSR count). The Balaban J connectivity index is 1.85. The number of carbonyl (C=O) groups excluding carboxylic acids is 2. The molecule has 1 aliphatic rings. The predicted molar refractivity (Wildman–Crippen MR) is 92.2 cm³/mol. The van der Waals surface area contributed by atoms with Crippen LogP contribution in [0.4, 0.5) is 11.4 Å². The van der Waals surface area contributed by atoms with Gasteiger partial charge in [0, 0.05) is 0 Å². The lowest BCUT2D eigenvalue weighted by Gasteiger charge is -2.17. The van der Waals surface area contributed by atoms with Crippen molar-refractivity contribution < 1.29 is 9.59 Å². The summed E-state index contributed by atoms with van der Waals surface area (Å²) in [6, 6.07) is 11.8. The van der Waals surface area contributed by atoms with Crippen LogP contribution in [0.15, 0.2) is 42.5 Å². The maximum Gasteiger partial charge on any atom is 0.256 e. The Bertz CT molecular complexity index is 792. The molecule has 6 heteroatoms. The average molecular weight is 349 g/mol. The minimum absolute atomic E-state index is 0.0790. The first-order valence-electron chi connectivity index (χ1n) is 7.11. The third-order valence-electron chi connectivity index (χ3n) is 3.69. The molecule has 1 heterocycles. The lowest BCUT2D eigenvalue weighted by atomic mass is 10.2. The van der Waals surface area contributed by atoms with Gasteiger partial charge in [-0.15, -0.1) is 0 Å². The molecule has 2 aromatic rings. The van der Waals surface area contributed by atoms with E-state index in [1.165, 1.54) is 4.90 Å². The van der Waals surface area contributed by atoms with Gasteiger partial charge in [0.05, 0.1) is 27.8 Å². The van der Waals surface area contributed by atoms with Crippen LogP contribution >= 0.6 is 23.2 Å². The number of hydrogen-bond donors (Lipinski definition) is 1. The minimum Gasteiger partial charge on any atom is -0.372 e. The summed E-state index contributed by atoms with van der Waals surface area (Å²) in [6.07, 6.45) is 0.0790. The van der Waals surface area contributed by atoms with Gasteiger partial charge in [0.1, 0.15) is 6.04 Å². The summed E-state index contributed by atoms with van der Waals surface area (Å²) < 4.78 is 0. The van der Waals surface area contributed by atoms with Gasteiger partial charge in [0.2, 0.25) is 5.91 Å². The molecule has 0 aliphatic carbocycles. The summed E-state index contributed by atoms with van der Waals surface area (Å²) in [7, 11) is 0. The lowest BCUT2D eigenvalue weighted by Crippen LogP contribution is -2.34. The van der Waals surface area contributed by atoms with Gasteiger partial charge in [0.25, 0.3) is 5.91 Å². The van der Waals surface area contributed by atoms with Crippen LogP contribution in [0.3, 0.4) is 0 Å². The number of imide groups is 1. The van der Waals surface area contributed by atoms with Crippen LogP contribution in [0.2, 0.25) is 10.0 Å². The number of nitrogens with one attached hydrogen (secondary N) is 1. The summed E-state index contributed by atoms with van der Waals surface area (Å²) >= 11 is 12.1. The fraction of sp³-hybridized carbons (Fsp3) is 0.176. The van der Waals surface area contributed by atoms with E-state index in [1.807, 2.05) is 25.1 Å². The molecule has 2 amide bonds. The third kappa shape index (κ3) is 3.05. The van der Waals surface area contributed by atoms with Crippen molar-refractivity contribution in [2.24, 2.45) is 0 Å². The molecule has 1 N–H and O–H groups in total. The van der Waals surface area contributed by atoms with E-state index in [1.54, 1.807) is 24.3 Å². The zero-order chi connectivity index (χ0) is 16.6. The van der Waals surface area contributed by atoms with Crippen molar-refractivity contribution in [2.75, 3.05) is 10.2 Å². The second-order valence-corrected chi connectivity index (χ2v) is 6.19. The lowest BCUT2D eigenvalue weighted by molar-refractivity contribution is -0.121. The van der Waals surface area contributed by atoms with Gasteiger partial charge in [-0.2, -0.15) is 0 Å². The number of benzene rings is 2. The summed E-state index contributed by atoms with van der Waals surface area (Å²) in [4.78, 5) is 26.1. The molecule has 0 spiro atoms. The van der Waals surface area contributed by atoms with Gasteiger partial charge >= 0.3 is 0 Å². The minimum atomic E-state index is -0.654. The Morgan fingerprint density at radius 2 is 1.87 bits per heavy atom. The fourth-order valence-corrected chi connectivity index (χ4v) is 2.94. The van der Waals surface area contributed by atoms with E-state index in [9.17, 15) is 9.59 Å². The number of aryl methyl sites for hydroxylation is 1. The molecule has 118 valence electrons. The molecule has 0 unspecified atom stereocenters. The quantitative estimate of drug-likeness (QED) is 0.851. The summed E-state index contributed by atoms with van der Waals surface area (Å²) in [5.74, 6) is -0.534. The highest BCUT2D eigenvalue weighted by atomic mass is 35.5. The molecule has 1 saturated heterocycles. The normalized spacial score (nSPS) is 17.7. The average Bonchev–Trinajstić information content (AvgIpc) is 2.78. The highest BCUT2D eigenvalue weighted by Gasteiger charge is 2.39. The Morgan fingerprint density at radius 1 is 1.13 bits per heavy atom. The van der Waals surface area contributed by atoms with Crippen LogP contribution in [-0.4, -0.2) is 17.9 Å². The van der Waals surface area contributed by atoms with Crippen LogP contribution in [0.1, 0.15) is 12.0 Å². The highest BCUT2D eigenvalue weighted by molar-refractivity contribution is 6.43. The largest absolute Gasteiger partial charge is 0.372 e. The van der Waals surface area contributed by atoms with Gasteiger partial charge in [-0.05, 0) is 36.8 Å². The van der Waals surface area contributed by atoms with Crippen molar-refractivity contribution in [1.29, 1.82) is 0 Å². The van der Waals surface area contributed by atoms with Crippen LogP contribution in [0, 0.1) is 6.92 Å². The van der Waals surface area contributed by atoms with Crippen molar-refractivity contribution in [3.63, 3.8) is 0 Å². The van der Waals surface area contributed by atoms with E-state index >= 15 is 0 Å². The van der Waals surface area contributed by atoms with E-state index in [0.29, 0.717) is 21.4 Å². The molecule has 0 aromatic heterocycles. The van der Waals surface area contributed by atoms with Crippen LogP contribution in [-0.2, 0) is 9.59 Å². The molecule has 0 radical (unpaired) electrons. The van der Waals surface area contributed by atoms with E-state index in [0.717, 1.165) is 5.56 Å². The van der Waals surface area contributed by atoms with Crippen LogP contribution in [0.25, 0.3) is 0 Å². The Labute approximate surface area is 144 Å². The molecular weight excluding hydrogens is 335 g/mol. The molecule has 1 fully saturated rings. The maximum atomic E-state index is 12.6. The Kier molecular flexibility index (Phi) is 4.28. The van der Waals surface area contributed by atoms with Crippen molar-refractivity contribution in [3.05, 3.63) is 58.1 Å². The first-order valence-corrected chi connectivity index (χ1v) is 7.87. The number of rotatable bonds is 3. The second-order valence-electron chi connectivity index (χ2n) is 5.41. The molecule has 4 nitrogen and oxygen atoms in total. The van der Waals surface area contributed by atoms with E-state index in [4.69, 9.17) is 23.2 Å². The van der Waals surface area contributed by atoms with Gasteiger partial charge in [0.15, 0.2) is 0 Å². The number of carbonyl (C=O) groups is 2. The topological polar surface area (TPSA) is 49.4 Å². The van der Waals surface area contributed by atoms with Crippen molar-refractivity contribution >= 4 is 46.4 Å². The zero-order valence-corrected chi connectivity index (χ0v) is 13.9. The van der Waals surface area contributed by atoms with Gasteiger partial charge in [-0.1, -0.05) is 41.4 Å². The van der Waals surface area contributed by atoms with Gasteiger partial charge < -0.3 is 5.32 Å². The molecule has 0 bridgehead atoms. The Hall–Kier alpha value is -2.04. The van der Waals surface area contributed by atoms with Crippen LogP contribution < -0.4 is 10.2 Å². The number of hydrogen-bond acceptors (Lipinski definition) is 3. The van der Waals surface area contributed by atoms with Crippen molar-refractivity contribution in [1.82, 2.24) is 0 Å². The smallest absolute Gasteiger partial charge is 0.256 e. The van der Waals surface area contributed by atoms with E-state index in [2.05, 4.69) is 5.32 Å². The van der Waals surface area contributed by atoms with Gasteiger partial charge in [-0.3, -0.25) is 9.59 Å². The number of halogens is 2. The summed E-state index contributed by atoms with van der Waals surface area (Å²) in [5.41, 5.74) is 2.11. The van der Waals surface area contributed by atoms with Crippen molar-refractivity contribution in [2.45, 2.75) is 19.4 Å². The van der Waals surface area contributed by atoms with E-state index in [-0.39, 0.29) is 18.2 Å². The molecular formula is C17H14Cl2N2O2. The monoisotopic (exact) mass is 348 g/mol. The fourth-order valence-electron chi connectivity index (χ4n) is 2.59. The second kappa shape index (κ2) is 6.22. The SMILES string of the molecule is Cc1cccc(N2C(=O)C[C@@H](Nc3cccc(Cl)c3Cl)C2=O)c1. The maximum absolute atomic E-state index is 12.6. The van der Waals surface area contributed by atoms with Crippen molar-refractivity contribution in [3.8, 4) is 0 Å². The third-order valence-corrected chi connectivity index (χ3v) is 4.51. The number of anilines is 2. The molecule has 1 atom stereocenters. The van der Waals surface area contributed by atoms with E-state index < -0.39 is 6.04 Å². The predicted octanol–water partition coefficient (Wildman–Crippen LogP) is 4.05. The number of nitrogens with zero attached hydrogens (tertiary/aromatic N) is 1. The summed E-state index contributed by atoms with van der Waals surface area (Å²) in [6.45, 7) is 1.91. The highest BCUT2D eigenvalue weighted by Crippen LogP contribution is 2.32. The number of amides is 2. The van der Waals surface area contributed by atoms with Crippen LogP contribution in [0.5, 0.6) is 0 Å². The first kappa shape index (κ1) is 15.8. The molecule has 2 aromatic carbocycles.